The number of amides is 2. The number of anilines is 1. The summed E-state index contributed by atoms with van der Waals surface area (Å²) in [5, 5.41) is 18.6. The first kappa shape index (κ1) is 24.0. The van der Waals surface area contributed by atoms with Crippen molar-refractivity contribution in [3.05, 3.63) is 77.2 Å². The molecule has 6 rings (SSSR count). The molecule has 3 aromatic heterocycles. The summed E-state index contributed by atoms with van der Waals surface area (Å²) in [6, 6.07) is 10.4. The minimum atomic E-state index is -1.09. The number of benzene rings is 1. The van der Waals surface area contributed by atoms with Crippen molar-refractivity contribution in [3.63, 3.8) is 0 Å². The lowest BCUT2D eigenvalue weighted by molar-refractivity contribution is -0.137. The summed E-state index contributed by atoms with van der Waals surface area (Å²) in [5.41, 5.74) is 0.527. The molecule has 1 aliphatic heterocycles. The number of pyridine rings is 1. The van der Waals surface area contributed by atoms with E-state index in [9.17, 15) is 19.5 Å². The van der Waals surface area contributed by atoms with Crippen molar-refractivity contribution >= 4 is 28.5 Å². The van der Waals surface area contributed by atoms with Crippen molar-refractivity contribution in [3.8, 4) is 5.69 Å². The zero-order chi connectivity index (χ0) is 26.3. The third-order valence-corrected chi connectivity index (χ3v) is 7.22. The van der Waals surface area contributed by atoms with Gasteiger partial charge in [-0.15, -0.1) is 0 Å². The quantitative estimate of drug-likeness (QED) is 0.403. The minimum Gasteiger partial charge on any atom is -0.388 e. The van der Waals surface area contributed by atoms with E-state index in [4.69, 9.17) is 0 Å². The Bertz CT molecular complexity index is 1570. The summed E-state index contributed by atoms with van der Waals surface area (Å²) in [5.74, 6) is 0.0336. The molecule has 2 fully saturated rings. The number of likely N-dealkylation sites (tertiary alicyclic amines) is 1. The Morgan fingerprint density at radius 1 is 1.11 bits per heavy atom. The maximum absolute atomic E-state index is 13.3. The smallest absolute Gasteiger partial charge is 0.264 e. The van der Waals surface area contributed by atoms with Gasteiger partial charge in [0.15, 0.2) is 5.65 Å². The van der Waals surface area contributed by atoms with Crippen LogP contribution in [-0.4, -0.2) is 64.8 Å². The molecule has 1 aliphatic carbocycles. The van der Waals surface area contributed by atoms with Crippen LogP contribution in [0.5, 0.6) is 0 Å². The van der Waals surface area contributed by atoms with Crippen molar-refractivity contribution in [2.45, 2.75) is 37.8 Å². The van der Waals surface area contributed by atoms with E-state index in [0.29, 0.717) is 53.9 Å². The van der Waals surface area contributed by atoms with Crippen LogP contribution < -0.4 is 10.9 Å². The first-order valence-corrected chi connectivity index (χ1v) is 12.7. The molecule has 4 heterocycles. The normalized spacial score (nSPS) is 16.9. The van der Waals surface area contributed by atoms with Gasteiger partial charge in [0, 0.05) is 30.8 Å². The van der Waals surface area contributed by atoms with Gasteiger partial charge in [-0.3, -0.25) is 23.9 Å². The molecule has 0 atom stereocenters. The molecule has 2 N–H and O–H groups in total. The van der Waals surface area contributed by atoms with Crippen molar-refractivity contribution in [2.75, 3.05) is 18.4 Å². The molecule has 11 heteroatoms. The molecule has 2 amide bonds. The average Bonchev–Trinajstić information content (AvgIpc) is 3.69. The van der Waals surface area contributed by atoms with E-state index in [2.05, 4.69) is 20.4 Å². The number of aromatic nitrogens is 5. The van der Waals surface area contributed by atoms with Gasteiger partial charge >= 0.3 is 0 Å². The maximum atomic E-state index is 13.3. The fourth-order valence-electron chi connectivity index (χ4n) is 4.88. The van der Waals surface area contributed by atoms with Crippen LogP contribution in [0.15, 0.2) is 66.1 Å². The van der Waals surface area contributed by atoms with Crippen LogP contribution in [0.25, 0.3) is 16.7 Å². The van der Waals surface area contributed by atoms with Crippen molar-refractivity contribution in [1.29, 1.82) is 0 Å². The van der Waals surface area contributed by atoms with Gasteiger partial charge < -0.3 is 15.3 Å². The first-order valence-electron chi connectivity index (χ1n) is 12.7. The van der Waals surface area contributed by atoms with Gasteiger partial charge in [-0.1, -0.05) is 6.07 Å². The third-order valence-electron chi connectivity index (χ3n) is 7.22. The number of hydrogen-bond donors (Lipinski definition) is 2. The van der Waals surface area contributed by atoms with Gasteiger partial charge in [-0.2, -0.15) is 5.10 Å². The second-order valence-corrected chi connectivity index (χ2v) is 10.0. The van der Waals surface area contributed by atoms with Crippen LogP contribution >= 0.6 is 0 Å². The van der Waals surface area contributed by atoms with E-state index in [0.717, 1.165) is 12.8 Å². The highest BCUT2D eigenvalue weighted by atomic mass is 16.3. The molecule has 0 spiro atoms. The summed E-state index contributed by atoms with van der Waals surface area (Å²) >= 11 is 0. The zero-order valence-corrected chi connectivity index (χ0v) is 20.7. The fourth-order valence-corrected chi connectivity index (χ4v) is 4.88. The second-order valence-electron chi connectivity index (χ2n) is 10.0. The number of nitrogens with zero attached hydrogens (tertiary/aromatic N) is 6. The number of rotatable bonds is 6. The molecule has 0 bridgehead atoms. The SMILES string of the molecule is O=C(Nc1cccnc1)c1cccc(-n2ncc3c(=O)n(CC4(O)CCN(C(=O)C5CC5)CC4)cnc32)c1. The topological polar surface area (TPSA) is 135 Å². The van der Waals surface area contributed by atoms with Crippen molar-refractivity contribution < 1.29 is 14.7 Å². The highest BCUT2D eigenvalue weighted by Gasteiger charge is 2.39. The van der Waals surface area contributed by atoms with E-state index < -0.39 is 5.60 Å². The van der Waals surface area contributed by atoms with Gasteiger partial charge in [0.1, 0.15) is 11.7 Å². The van der Waals surface area contributed by atoms with Crippen LogP contribution in [0, 0.1) is 5.92 Å². The van der Waals surface area contributed by atoms with Crippen LogP contribution in [0.2, 0.25) is 0 Å². The number of fused-ring (bicyclic) bond motifs is 1. The summed E-state index contributed by atoms with van der Waals surface area (Å²) < 4.78 is 2.92. The van der Waals surface area contributed by atoms with Crippen molar-refractivity contribution in [1.82, 2.24) is 29.2 Å². The average molecular weight is 514 g/mol. The van der Waals surface area contributed by atoms with Crippen LogP contribution in [0.3, 0.4) is 0 Å². The van der Waals surface area contributed by atoms with E-state index >= 15 is 0 Å². The minimum absolute atomic E-state index is 0.0927. The summed E-state index contributed by atoms with van der Waals surface area (Å²) in [6.45, 7) is 1.06. The molecule has 1 aromatic carbocycles. The molecule has 11 nitrogen and oxygen atoms in total. The van der Waals surface area contributed by atoms with Gasteiger partial charge in [-0.25, -0.2) is 9.67 Å². The largest absolute Gasteiger partial charge is 0.388 e. The molecule has 0 radical (unpaired) electrons. The number of nitrogens with one attached hydrogen (secondary N) is 1. The second kappa shape index (κ2) is 9.49. The number of hydrogen-bond acceptors (Lipinski definition) is 7. The van der Waals surface area contributed by atoms with Gasteiger partial charge in [0.2, 0.25) is 5.91 Å². The lowest BCUT2D eigenvalue weighted by atomic mass is 9.91. The predicted molar refractivity (Wildman–Crippen MR) is 139 cm³/mol. The Labute approximate surface area is 217 Å². The predicted octanol–water partition coefficient (Wildman–Crippen LogP) is 1.99. The van der Waals surface area contributed by atoms with Crippen molar-refractivity contribution in [2.24, 2.45) is 5.92 Å². The third kappa shape index (κ3) is 4.68. The molecule has 4 aromatic rings. The van der Waals surface area contributed by atoms with E-state index in [-0.39, 0.29) is 29.8 Å². The number of carbonyl (C=O) groups is 2. The molecular weight excluding hydrogens is 486 g/mol. The lowest BCUT2D eigenvalue weighted by Gasteiger charge is -2.38. The fraction of sp³-hybridized carbons (Fsp3) is 0.333. The Hall–Kier alpha value is -4.38. The Balaban J connectivity index is 1.20. The van der Waals surface area contributed by atoms with Gasteiger partial charge in [0.25, 0.3) is 11.5 Å². The number of aliphatic hydroxyl groups is 1. The number of carbonyl (C=O) groups excluding carboxylic acids is 2. The van der Waals surface area contributed by atoms with E-state index in [1.54, 1.807) is 48.8 Å². The Morgan fingerprint density at radius 3 is 2.66 bits per heavy atom. The van der Waals surface area contributed by atoms with Crippen LogP contribution in [-0.2, 0) is 11.3 Å². The van der Waals surface area contributed by atoms with E-state index in [1.807, 2.05) is 4.90 Å². The molecular formula is C27H27N7O4. The zero-order valence-electron chi connectivity index (χ0n) is 20.7. The molecule has 38 heavy (non-hydrogen) atoms. The summed E-state index contributed by atoms with van der Waals surface area (Å²) in [7, 11) is 0. The maximum Gasteiger partial charge on any atom is 0.264 e. The molecule has 1 saturated heterocycles. The van der Waals surface area contributed by atoms with E-state index in [1.165, 1.54) is 21.8 Å². The standard InChI is InChI=1S/C27H27N7O4/c35-24(31-20-4-2-10-28-14-20)19-3-1-5-21(13-19)34-23-22(15-30-34)26(37)33(17-29-23)16-27(38)8-11-32(12-9-27)25(36)18-6-7-18/h1-5,10,13-15,17-18,38H,6-9,11-12,16H2,(H,31,35). The highest BCUT2D eigenvalue weighted by molar-refractivity contribution is 6.04. The Kier molecular flexibility index (Phi) is 5.99. The first-order chi connectivity index (χ1) is 18.4. The molecule has 1 saturated carbocycles. The molecule has 194 valence electrons. The van der Waals surface area contributed by atoms with Crippen LogP contribution in [0.4, 0.5) is 5.69 Å². The summed E-state index contributed by atoms with van der Waals surface area (Å²) in [6.07, 6.45) is 8.78. The molecule has 2 aliphatic rings. The lowest BCUT2D eigenvalue weighted by Crippen LogP contribution is -2.50. The van der Waals surface area contributed by atoms with Crippen LogP contribution in [0.1, 0.15) is 36.0 Å². The monoisotopic (exact) mass is 513 g/mol. The summed E-state index contributed by atoms with van der Waals surface area (Å²) in [4.78, 5) is 48.6. The van der Waals surface area contributed by atoms with Gasteiger partial charge in [-0.05, 0) is 56.0 Å². The molecule has 0 unspecified atom stereocenters. The Morgan fingerprint density at radius 2 is 1.92 bits per heavy atom. The van der Waals surface area contributed by atoms with Gasteiger partial charge in [0.05, 0.1) is 35.9 Å². The highest BCUT2D eigenvalue weighted by Crippen LogP contribution is 2.33. The number of piperidine rings is 1.